The Bertz CT molecular complexity index is 1460. The number of carbonyl (C=O) groups excluding carboxylic acids is 1. The molecule has 0 aliphatic rings. The molecule has 1 heterocycles. The maximum atomic E-state index is 13.4. The summed E-state index contributed by atoms with van der Waals surface area (Å²) in [5, 5.41) is 12.7. The van der Waals surface area contributed by atoms with Gasteiger partial charge in [0.1, 0.15) is 11.5 Å². The van der Waals surface area contributed by atoms with E-state index in [4.69, 9.17) is 5.14 Å². The van der Waals surface area contributed by atoms with Crippen LogP contribution in [0.25, 0.3) is 16.9 Å². The molecule has 0 aliphatic carbocycles. The molecule has 1 aromatic heterocycles. The lowest BCUT2D eigenvalue weighted by atomic mass is 10.1. The number of hydrogen-bond acceptors (Lipinski definition) is 4. The van der Waals surface area contributed by atoms with Crippen molar-refractivity contribution in [3.05, 3.63) is 95.4 Å². The van der Waals surface area contributed by atoms with Gasteiger partial charge in [0.2, 0.25) is 10.0 Å². The number of nitrogens with zero attached hydrogens (tertiary/aromatic N) is 2. The normalized spacial score (nSPS) is 11.4. The highest BCUT2D eigenvalue weighted by molar-refractivity contribution is 7.89. The van der Waals surface area contributed by atoms with Gasteiger partial charge in [-0.25, -0.2) is 22.6 Å². The van der Waals surface area contributed by atoms with Gasteiger partial charge < -0.3 is 5.32 Å². The molecule has 9 heteroatoms. The minimum Gasteiger partial charge on any atom is -0.322 e. The second kappa shape index (κ2) is 9.20. The Labute approximate surface area is 197 Å². The van der Waals surface area contributed by atoms with E-state index in [2.05, 4.69) is 10.4 Å². The van der Waals surface area contributed by atoms with Crippen molar-refractivity contribution in [3.8, 4) is 16.9 Å². The Morgan fingerprint density at radius 2 is 1.74 bits per heavy atom. The number of hydrogen-bond donors (Lipinski definition) is 2. The molecule has 1 amide bonds. The van der Waals surface area contributed by atoms with Crippen molar-refractivity contribution in [3.63, 3.8) is 0 Å². The second-order valence-corrected chi connectivity index (χ2v) is 9.38. The maximum absolute atomic E-state index is 13.4. The van der Waals surface area contributed by atoms with Crippen LogP contribution in [0.5, 0.6) is 0 Å². The van der Waals surface area contributed by atoms with Gasteiger partial charge in [-0.1, -0.05) is 42.8 Å². The zero-order chi connectivity index (χ0) is 24.5. The highest BCUT2D eigenvalue weighted by Gasteiger charge is 2.20. The van der Waals surface area contributed by atoms with Crippen LogP contribution in [0.15, 0.2) is 77.8 Å². The van der Waals surface area contributed by atoms with Crippen LogP contribution in [0.4, 0.5) is 10.1 Å². The summed E-state index contributed by atoms with van der Waals surface area (Å²) < 4.78 is 38.9. The molecule has 0 spiro atoms. The highest BCUT2D eigenvalue weighted by atomic mass is 32.2. The summed E-state index contributed by atoms with van der Waals surface area (Å²) in [5.74, 6) is -0.859. The number of rotatable bonds is 6. The van der Waals surface area contributed by atoms with E-state index in [0.717, 1.165) is 11.1 Å². The molecule has 7 nitrogen and oxygen atoms in total. The third-order valence-electron chi connectivity index (χ3n) is 5.39. The lowest BCUT2D eigenvalue weighted by Gasteiger charge is -2.10. The second-order valence-electron chi connectivity index (χ2n) is 7.85. The molecular weight excluding hydrogens is 455 g/mol. The van der Waals surface area contributed by atoms with E-state index in [9.17, 15) is 17.6 Å². The van der Waals surface area contributed by atoms with E-state index in [0.29, 0.717) is 23.4 Å². The predicted octanol–water partition coefficient (Wildman–Crippen LogP) is 4.45. The van der Waals surface area contributed by atoms with Crippen LogP contribution in [0.1, 0.15) is 28.4 Å². The minimum absolute atomic E-state index is 0.0337. The zero-order valence-corrected chi connectivity index (χ0v) is 19.4. The number of aromatic nitrogens is 2. The van der Waals surface area contributed by atoms with Crippen molar-refractivity contribution in [2.75, 3.05) is 5.32 Å². The first-order valence-corrected chi connectivity index (χ1v) is 12.1. The summed E-state index contributed by atoms with van der Waals surface area (Å²) in [5.41, 5.74) is 3.91. The number of aryl methyl sites for hydroxylation is 2. The quantitative estimate of drug-likeness (QED) is 0.427. The molecule has 0 saturated carbocycles. The van der Waals surface area contributed by atoms with Crippen molar-refractivity contribution in [2.45, 2.75) is 25.2 Å². The predicted molar refractivity (Wildman–Crippen MR) is 129 cm³/mol. The fourth-order valence-corrected chi connectivity index (χ4v) is 4.45. The third-order valence-corrected chi connectivity index (χ3v) is 6.38. The molecule has 0 saturated heterocycles. The van der Waals surface area contributed by atoms with Gasteiger partial charge in [0.15, 0.2) is 0 Å². The summed E-state index contributed by atoms with van der Waals surface area (Å²) in [6, 6.07) is 17.9. The van der Waals surface area contributed by atoms with Crippen LogP contribution in [0.3, 0.4) is 0 Å². The molecule has 3 N–H and O–H groups in total. The van der Waals surface area contributed by atoms with Crippen molar-refractivity contribution < 1.29 is 17.6 Å². The molecule has 0 unspecified atom stereocenters. The summed E-state index contributed by atoms with van der Waals surface area (Å²) in [6.07, 6.45) is 2.03. The van der Waals surface area contributed by atoms with E-state index < -0.39 is 15.9 Å². The maximum Gasteiger partial charge on any atom is 0.259 e. The standard InChI is InChI=1S/C25H23FN4O3S/c1-3-17-8-11-20(14-23(17)34(27,32)33)28-25(31)22-15-30(21-12-9-19(26)10-13-21)29-24(22)18-6-4-16(2)5-7-18/h4-15H,3H2,1-2H3,(H,28,31)(H2,27,32,33). The smallest absolute Gasteiger partial charge is 0.259 e. The monoisotopic (exact) mass is 478 g/mol. The number of halogens is 1. The molecule has 0 fully saturated rings. The number of nitrogens with two attached hydrogens (primary N) is 1. The fourth-order valence-electron chi connectivity index (χ4n) is 3.58. The number of sulfonamides is 1. The minimum atomic E-state index is -3.96. The van der Waals surface area contributed by atoms with Crippen LogP contribution in [0.2, 0.25) is 0 Å². The molecular formula is C25H23FN4O3S. The number of nitrogens with one attached hydrogen (secondary N) is 1. The largest absolute Gasteiger partial charge is 0.322 e. The summed E-state index contributed by atoms with van der Waals surface area (Å²) >= 11 is 0. The first-order chi connectivity index (χ1) is 16.2. The Kier molecular flexibility index (Phi) is 6.32. The number of primary sulfonamides is 1. The SMILES string of the molecule is CCc1ccc(NC(=O)c2cn(-c3ccc(F)cc3)nc2-c2ccc(C)cc2)cc1S(N)(=O)=O. The summed E-state index contributed by atoms with van der Waals surface area (Å²) in [7, 11) is -3.96. The number of carbonyl (C=O) groups is 1. The van der Waals surface area contributed by atoms with Gasteiger partial charge in [-0.05, 0) is 55.3 Å². The third kappa shape index (κ3) is 4.90. The average Bonchev–Trinajstić information content (AvgIpc) is 3.25. The van der Waals surface area contributed by atoms with Crippen LogP contribution < -0.4 is 10.5 Å². The summed E-state index contributed by atoms with van der Waals surface area (Å²) in [4.78, 5) is 13.3. The van der Waals surface area contributed by atoms with E-state index >= 15 is 0 Å². The van der Waals surface area contributed by atoms with E-state index in [1.165, 1.54) is 22.9 Å². The highest BCUT2D eigenvalue weighted by Crippen LogP contribution is 2.26. The molecule has 174 valence electrons. The molecule has 0 atom stereocenters. The van der Waals surface area contributed by atoms with Gasteiger partial charge in [-0.3, -0.25) is 4.79 Å². The lowest BCUT2D eigenvalue weighted by Crippen LogP contribution is -2.16. The first-order valence-electron chi connectivity index (χ1n) is 10.6. The number of amides is 1. The van der Waals surface area contributed by atoms with Gasteiger partial charge in [-0.2, -0.15) is 5.10 Å². The zero-order valence-electron chi connectivity index (χ0n) is 18.6. The summed E-state index contributed by atoms with van der Waals surface area (Å²) in [6.45, 7) is 3.78. The Morgan fingerprint density at radius 3 is 2.35 bits per heavy atom. The molecule has 34 heavy (non-hydrogen) atoms. The van der Waals surface area contributed by atoms with Crippen LogP contribution in [-0.4, -0.2) is 24.1 Å². The topological polar surface area (TPSA) is 107 Å². The molecule has 0 radical (unpaired) electrons. The Balaban J connectivity index is 1.76. The van der Waals surface area contributed by atoms with Gasteiger partial charge in [0.25, 0.3) is 5.91 Å². The van der Waals surface area contributed by atoms with Crippen molar-refractivity contribution in [1.29, 1.82) is 0 Å². The fraction of sp³-hybridized carbons (Fsp3) is 0.120. The van der Waals surface area contributed by atoms with Gasteiger partial charge in [0, 0.05) is 17.4 Å². The average molecular weight is 479 g/mol. The molecule has 4 aromatic rings. The molecule has 0 aliphatic heterocycles. The van der Waals surface area contributed by atoms with Crippen LogP contribution in [-0.2, 0) is 16.4 Å². The van der Waals surface area contributed by atoms with Crippen LogP contribution in [0, 0.1) is 12.7 Å². The van der Waals surface area contributed by atoms with E-state index in [-0.39, 0.29) is 22.0 Å². The van der Waals surface area contributed by atoms with Crippen molar-refractivity contribution >= 4 is 21.6 Å². The molecule has 3 aromatic carbocycles. The Hall–Kier alpha value is -3.82. The van der Waals surface area contributed by atoms with Crippen molar-refractivity contribution in [1.82, 2.24) is 9.78 Å². The molecule has 4 rings (SSSR count). The van der Waals surface area contributed by atoms with Gasteiger partial charge in [-0.15, -0.1) is 0 Å². The first kappa shape index (κ1) is 23.3. The number of anilines is 1. The number of benzene rings is 3. The van der Waals surface area contributed by atoms with Crippen LogP contribution >= 0.6 is 0 Å². The van der Waals surface area contributed by atoms with E-state index in [1.807, 2.05) is 38.1 Å². The lowest BCUT2D eigenvalue weighted by molar-refractivity contribution is 0.102. The van der Waals surface area contributed by atoms with Gasteiger partial charge >= 0.3 is 0 Å². The van der Waals surface area contributed by atoms with Gasteiger partial charge in [0.05, 0.1) is 16.1 Å². The van der Waals surface area contributed by atoms with E-state index in [1.54, 1.807) is 30.5 Å². The Morgan fingerprint density at radius 1 is 1.06 bits per heavy atom. The molecule has 0 bridgehead atoms. The van der Waals surface area contributed by atoms with Crippen molar-refractivity contribution in [2.24, 2.45) is 5.14 Å².